The molecule has 0 aromatic heterocycles. The van der Waals surface area contributed by atoms with Crippen LogP contribution in [0.4, 0.5) is 0 Å². The van der Waals surface area contributed by atoms with Gasteiger partial charge in [0.05, 0.1) is 0 Å². The van der Waals surface area contributed by atoms with Crippen LogP contribution in [0.1, 0.15) is 0 Å². The molecule has 4 heteroatoms. The minimum Gasteiger partial charge on any atom is -2.00 e. The molecule has 0 aliphatic heterocycles. The van der Waals surface area contributed by atoms with Crippen molar-refractivity contribution in [2.24, 2.45) is 0 Å². The Bertz CT molecular complexity index is 6.00. The molecule has 0 unspecified atom stereocenters. The zero-order chi connectivity index (χ0) is 0. The van der Waals surface area contributed by atoms with Crippen LogP contribution >= 0.6 is 0 Å². The van der Waals surface area contributed by atoms with Gasteiger partial charge < -0.3 is 11.0 Å². The summed E-state index contributed by atoms with van der Waals surface area (Å²) in [6.45, 7) is 0. The van der Waals surface area contributed by atoms with Gasteiger partial charge in [0.25, 0.3) is 0 Å². The first kappa shape index (κ1) is 95.3. The average Bonchev–Trinajstić information content (AvgIpc) is 0. The molecule has 0 saturated carbocycles. The summed E-state index contributed by atoms with van der Waals surface area (Å²) in [7, 11) is 0. The van der Waals surface area contributed by atoms with Gasteiger partial charge in [-0.25, -0.2) is 0 Å². The van der Waals surface area contributed by atoms with E-state index in [1.807, 2.05) is 0 Å². The van der Waals surface area contributed by atoms with Crippen LogP contribution < -0.4 is 0 Å². The molecule has 0 atom stereocenters. The summed E-state index contributed by atoms with van der Waals surface area (Å²) >= 11 is 0. The number of rotatable bonds is 0. The molecule has 0 fully saturated rings. The third kappa shape index (κ3) is 13.2. The normalized spacial score (nSPS) is 0. The fourth-order valence-corrected chi connectivity index (χ4v) is 0. The molecule has 0 N–H and O–H groups in total. The van der Waals surface area contributed by atoms with E-state index >= 15 is 0 Å². The Labute approximate surface area is 44.7 Å². The van der Waals surface area contributed by atoms with Gasteiger partial charge in [0.2, 0.25) is 0 Å². The van der Waals surface area contributed by atoms with Crippen molar-refractivity contribution in [1.29, 1.82) is 0 Å². The topological polar surface area (TPSA) is 57.0 Å². The Morgan fingerprint density at radius 3 is 0.750 bits per heavy atom. The first-order valence-corrected chi connectivity index (χ1v) is 0. The van der Waals surface area contributed by atoms with E-state index in [0.29, 0.717) is 0 Å². The molecular weight excluding hydrogens is 241 g/mol. The van der Waals surface area contributed by atoms with Crippen molar-refractivity contribution in [3.8, 4) is 0 Å². The van der Waals surface area contributed by atoms with Crippen molar-refractivity contribution >= 4 is 11.0 Å². The minimum absolute atomic E-state index is 0. The largest absolute Gasteiger partial charge is 4.00 e. The summed E-state index contributed by atoms with van der Waals surface area (Å²) in [4.78, 5) is 0. The van der Waals surface area contributed by atoms with E-state index < -0.39 is 0 Å². The van der Waals surface area contributed by atoms with Crippen molar-refractivity contribution in [3.63, 3.8) is 0 Å². The van der Waals surface area contributed by atoms with Gasteiger partial charge >= 0.3 is 22.4 Å². The molecule has 0 aromatic rings. The summed E-state index contributed by atoms with van der Waals surface area (Å²) in [6, 6.07) is 0. The summed E-state index contributed by atoms with van der Waals surface area (Å²) in [5, 5.41) is 0. The zero-order valence-corrected chi connectivity index (χ0v) is 5.98. The van der Waals surface area contributed by atoms with Crippen molar-refractivity contribution in [2.75, 3.05) is 0 Å². The monoisotopic (exact) mass is 241 g/mol. The molecular formula is O2SiTa. The molecule has 21 valence electrons. The maximum absolute atomic E-state index is 0. The van der Waals surface area contributed by atoms with Gasteiger partial charge in [-0.05, 0) is 0 Å². The van der Waals surface area contributed by atoms with E-state index in [1.54, 1.807) is 0 Å². The molecule has 0 heterocycles. The molecule has 0 saturated heterocycles. The average molecular weight is 241 g/mol. The third-order valence-corrected chi connectivity index (χ3v) is 0. The predicted octanol–water partition coefficient (Wildman–Crippen LogP) is -0.621. The van der Waals surface area contributed by atoms with Crippen LogP contribution in [0.25, 0.3) is 0 Å². The van der Waals surface area contributed by atoms with Crippen LogP contribution in [-0.4, -0.2) is 11.0 Å². The van der Waals surface area contributed by atoms with Gasteiger partial charge in [-0.15, -0.1) is 0 Å². The summed E-state index contributed by atoms with van der Waals surface area (Å²) < 4.78 is 0. The van der Waals surface area contributed by atoms with Crippen LogP contribution in [0, 0.1) is 0 Å². The fraction of sp³-hybridized carbons (Fsp3) is 0. The van der Waals surface area contributed by atoms with Gasteiger partial charge in [-0.1, -0.05) is 0 Å². The van der Waals surface area contributed by atoms with Gasteiger partial charge in [0.15, 0.2) is 0 Å². The molecule has 0 aliphatic rings. The second kappa shape index (κ2) is 41.7. The number of hydrogen-bond donors (Lipinski definition) is 0. The molecule has 0 bridgehead atoms. The molecule has 0 rings (SSSR count). The minimum atomic E-state index is 0. The van der Waals surface area contributed by atoms with Gasteiger partial charge in [-0.3, -0.25) is 0 Å². The first-order valence-electron chi connectivity index (χ1n) is 0. The SMILES string of the molecule is [O-2].[O-2].[Si].[Ta+4]. The van der Waals surface area contributed by atoms with Gasteiger partial charge in [0.1, 0.15) is 0 Å². The smallest absolute Gasteiger partial charge is 2.00 e. The quantitative estimate of drug-likeness (QED) is 0.507. The van der Waals surface area contributed by atoms with Crippen LogP contribution in [-0.2, 0) is 33.3 Å². The molecule has 4 heavy (non-hydrogen) atoms. The molecule has 0 amide bonds. The van der Waals surface area contributed by atoms with Gasteiger partial charge in [-0.2, -0.15) is 0 Å². The van der Waals surface area contributed by atoms with Crippen molar-refractivity contribution < 1.29 is 33.3 Å². The summed E-state index contributed by atoms with van der Waals surface area (Å²) in [6.07, 6.45) is 0. The van der Waals surface area contributed by atoms with E-state index in [2.05, 4.69) is 0 Å². The van der Waals surface area contributed by atoms with Crippen LogP contribution in [0.5, 0.6) is 0 Å². The molecule has 0 aliphatic carbocycles. The standard InChI is InChI=1S/2O.Si.Ta/q2*-2;;+4. The summed E-state index contributed by atoms with van der Waals surface area (Å²) in [5.41, 5.74) is 0. The zero-order valence-electron chi connectivity index (χ0n) is 1.76. The number of hydrogen-bond acceptors (Lipinski definition) is 0. The maximum Gasteiger partial charge on any atom is 4.00 e. The molecule has 0 spiro atoms. The Hall–Kier alpha value is 0.877. The molecule has 0 aromatic carbocycles. The van der Waals surface area contributed by atoms with Crippen molar-refractivity contribution in [3.05, 3.63) is 0 Å². The van der Waals surface area contributed by atoms with E-state index in [0.717, 1.165) is 0 Å². The second-order valence-electron chi connectivity index (χ2n) is 0. The van der Waals surface area contributed by atoms with E-state index in [4.69, 9.17) is 0 Å². The van der Waals surface area contributed by atoms with Crippen LogP contribution in [0.15, 0.2) is 0 Å². The first-order chi connectivity index (χ1) is 0. The van der Waals surface area contributed by atoms with E-state index in [1.165, 1.54) is 0 Å². The maximum atomic E-state index is 0. The molecule has 2 nitrogen and oxygen atoms in total. The van der Waals surface area contributed by atoms with Gasteiger partial charge in [0, 0.05) is 11.0 Å². The molecule has 5 radical (unpaired) electrons. The van der Waals surface area contributed by atoms with E-state index in [9.17, 15) is 0 Å². The van der Waals surface area contributed by atoms with Crippen molar-refractivity contribution in [1.82, 2.24) is 0 Å². The predicted molar refractivity (Wildman–Crippen MR) is 7.13 cm³/mol. The van der Waals surface area contributed by atoms with Crippen molar-refractivity contribution in [2.45, 2.75) is 0 Å². The second-order valence-corrected chi connectivity index (χ2v) is 0. The van der Waals surface area contributed by atoms with Crippen LogP contribution in [0.2, 0.25) is 0 Å². The Morgan fingerprint density at radius 2 is 0.750 bits per heavy atom. The fourth-order valence-electron chi connectivity index (χ4n) is 0. The Morgan fingerprint density at radius 1 is 0.750 bits per heavy atom. The Kier molecular flexibility index (Phi) is 994. The third-order valence-electron chi connectivity index (χ3n) is 0. The van der Waals surface area contributed by atoms with Crippen LogP contribution in [0.3, 0.4) is 0 Å². The summed E-state index contributed by atoms with van der Waals surface area (Å²) in [5.74, 6) is 0. The Balaban J connectivity index is 0. The van der Waals surface area contributed by atoms with E-state index in [-0.39, 0.29) is 44.3 Å².